The van der Waals surface area contributed by atoms with Crippen LogP contribution in [-0.2, 0) is 0 Å². The minimum absolute atomic E-state index is 0.101. The smallest absolute Gasteiger partial charge is 0.148 e. The zero-order valence-corrected chi connectivity index (χ0v) is 14.3. The van der Waals surface area contributed by atoms with Crippen molar-refractivity contribution in [1.29, 1.82) is 0 Å². The summed E-state index contributed by atoms with van der Waals surface area (Å²) in [4.78, 5) is 4.42. The zero-order chi connectivity index (χ0) is 15.4. The Balaban J connectivity index is 2.51. The molecule has 1 aromatic heterocycles. The highest BCUT2D eigenvalue weighted by Crippen LogP contribution is 2.33. The van der Waals surface area contributed by atoms with E-state index < -0.39 is 5.82 Å². The number of nitrogens with one attached hydrogen (secondary N) is 1. The summed E-state index contributed by atoms with van der Waals surface area (Å²) in [5, 5.41) is 3.46. The van der Waals surface area contributed by atoms with Gasteiger partial charge in [-0.25, -0.2) is 4.39 Å². The minimum Gasteiger partial charge on any atom is -0.305 e. The van der Waals surface area contributed by atoms with Gasteiger partial charge in [0.05, 0.1) is 16.8 Å². The number of nitrogens with zero attached hydrogens (tertiary/aromatic N) is 1. The normalized spacial score (nSPS) is 12.4. The second kappa shape index (κ2) is 7.34. The highest BCUT2D eigenvalue weighted by molar-refractivity contribution is 9.10. The predicted molar refractivity (Wildman–Crippen MR) is 88.2 cm³/mol. The lowest BCUT2D eigenvalue weighted by Gasteiger charge is -2.21. The fourth-order valence-corrected chi connectivity index (χ4v) is 2.68. The second-order valence-electron chi connectivity index (χ2n) is 4.86. The van der Waals surface area contributed by atoms with Crippen molar-refractivity contribution < 1.29 is 4.39 Å². The standard InChI is InChI=1S/C16H17BrClFN2/c1-3-8-20-16(15-10(2)5-4-9-21-15)11-6-7-12(17)13(18)14(11)19/h4-7,9,16,20H,3,8H2,1-2H3. The van der Waals surface area contributed by atoms with E-state index in [-0.39, 0.29) is 11.1 Å². The van der Waals surface area contributed by atoms with Crippen LogP contribution in [-0.4, -0.2) is 11.5 Å². The molecule has 0 spiro atoms. The molecule has 0 bridgehead atoms. The number of halogens is 3. The van der Waals surface area contributed by atoms with Crippen LogP contribution < -0.4 is 5.32 Å². The van der Waals surface area contributed by atoms with Crippen LogP contribution in [0.4, 0.5) is 4.39 Å². The van der Waals surface area contributed by atoms with Crippen LogP contribution in [0.2, 0.25) is 5.02 Å². The van der Waals surface area contributed by atoms with Gasteiger partial charge in [0.25, 0.3) is 0 Å². The lowest BCUT2D eigenvalue weighted by Crippen LogP contribution is -2.25. The van der Waals surface area contributed by atoms with Gasteiger partial charge >= 0.3 is 0 Å². The lowest BCUT2D eigenvalue weighted by molar-refractivity contribution is 0.537. The summed E-state index contributed by atoms with van der Waals surface area (Å²) in [5.74, 6) is -0.412. The maximum absolute atomic E-state index is 14.5. The SMILES string of the molecule is CCCNC(c1ccc(Br)c(Cl)c1F)c1ncccc1C. The number of aryl methyl sites for hydroxylation is 1. The molecular formula is C16H17BrClFN2. The van der Waals surface area contributed by atoms with Crippen molar-refractivity contribution >= 4 is 27.5 Å². The molecule has 1 unspecified atom stereocenters. The van der Waals surface area contributed by atoms with Gasteiger partial charge in [0, 0.05) is 16.2 Å². The number of hydrogen-bond donors (Lipinski definition) is 1. The molecule has 1 N–H and O–H groups in total. The van der Waals surface area contributed by atoms with Gasteiger partial charge in [0.1, 0.15) is 5.82 Å². The van der Waals surface area contributed by atoms with E-state index in [1.54, 1.807) is 18.3 Å². The van der Waals surface area contributed by atoms with Crippen molar-refractivity contribution in [2.24, 2.45) is 0 Å². The summed E-state index contributed by atoms with van der Waals surface area (Å²) in [6, 6.07) is 7.05. The molecule has 0 saturated heterocycles. The Morgan fingerprint density at radius 3 is 2.81 bits per heavy atom. The first-order valence-electron chi connectivity index (χ1n) is 6.84. The van der Waals surface area contributed by atoms with Gasteiger partial charge in [0.15, 0.2) is 0 Å². The molecule has 0 amide bonds. The highest BCUT2D eigenvalue weighted by Gasteiger charge is 2.22. The fourth-order valence-electron chi connectivity index (χ4n) is 2.21. The third-order valence-corrected chi connectivity index (χ3v) is 4.56. The first kappa shape index (κ1) is 16.4. The molecule has 2 rings (SSSR count). The first-order valence-corrected chi connectivity index (χ1v) is 8.01. The Morgan fingerprint density at radius 1 is 1.38 bits per heavy atom. The van der Waals surface area contributed by atoms with Gasteiger partial charge in [-0.1, -0.05) is 30.7 Å². The third-order valence-electron chi connectivity index (χ3n) is 3.30. The van der Waals surface area contributed by atoms with Gasteiger partial charge in [-0.2, -0.15) is 0 Å². The maximum atomic E-state index is 14.5. The first-order chi connectivity index (χ1) is 10.1. The van der Waals surface area contributed by atoms with E-state index in [1.165, 1.54) is 0 Å². The van der Waals surface area contributed by atoms with Crippen LogP contribution in [0.25, 0.3) is 0 Å². The van der Waals surface area contributed by atoms with Crippen LogP contribution in [0.1, 0.15) is 36.2 Å². The Kier molecular flexibility index (Phi) is 5.73. The third kappa shape index (κ3) is 3.62. The molecule has 0 aliphatic heterocycles. The average Bonchev–Trinajstić information content (AvgIpc) is 2.48. The van der Waals surface area contributed by atoms with Crippen LogP contribution >= 0.6 is 27.5 Å². The van der Waals surface area contributed by atoms with E-state index in [2.05, 4.69) is 33.2 Å². The van der Waals surface area contributed by atoms with E-state index in [9.17, 15) is 4.39 Å². The van der Waals surface area contributed by atoms with E-state index in [0.717, 1.165) is 24.2 Å². The molecule has 1 atom stereocenters. The monoisotopic (exact) mass is 370 g/mol. The summed E-state index contributed by atoms with van der Waals surface area (Å²) in [7, 11) is 0. The van der Waals surface area contributed by atoms with Crippen molar-refractivity contribution in [2.75, 3.05) is 6.54 Å². The van der Waals surface area contributed by atoms with Crippen molar-refractivity contribution in [3.8, 4) is 0 Å². The molecule has 0 radical (unpaired) electrons. The van der Waals surface area contributed by atoms with Crippen molar-refractivity contribution in [3.63, 3.8) is 0 Å². The molecule has 2 aromatic rings. The molecule has 0 aliphatic carbocycles. The van der Waals surface area contributed by atoms with Gasteiger partial charge in [-0.3, -0.25) is 4.98 Å². The number of benzene rings is 1. The maximum Gasteiger partial charge on any atom is 0.148 e. The number of pyridine rings is 1. The largest absolute Gasteiger partial charge is 0.305 e. The molecule has 0 fully saturated rings. The van der Waals surface area contributed by atoms with Gasteiger partial charge in [-0.15, -0.1) is 0 Å². The quantitative estimate of drug-likeness (QED) is 0.745. The average molecular weight is 372 g/mol. The summed E-state index contributed by atoms with van der Waals surface area (Å²) in [5.41, 5.74) is 2.35. The van der Waals surface area contributed by atoms with Gasteiger partial charge < -0.3 is 5.32 Å². The Morgan fingerprint density at radius 2 is 2.14 bits per heavy atom. The molecule has 2 nitrogen and oxygen atoms in total. The van der Waals surface area contributed by atoms with Gasteiger partial charge in [-0.05, 0) is 53.5 Å². The summed E-state index contributed by atoms with van der Waals surface area (Å²) < 4.78 is 15.1. The second-order valence-corrected chi connectivity index (χ2v) is 6.09. The Labute approximate surface area is 137 Å². The molecule has 0 aliphatic rings. The van der Waals surface area contributed by atoms with Crippen LogP contribution in [0.3, 0.4) is 0 Å². The van der Waals surface area contributed by atoms with E-state index in [1.807, 2.05) is 19.1 Å². The predicted octanol–water partition coefficient (Wildman–Crippen LogP) is 5.03. The topological polar surface area (TPSA) is 24.9 Å². The Hall–Kier alpha value is -0.970. The molecule has 0 saturated carbocycles. The molecular weight excluding hydrogens is 355 g/mol. The summed E-state index contributed by atoms with van der Waals surface area (Å²) in [6.07, 6.45) is 2.68. The summed E-state index contributed by atoms with van der Waals surface area (Å²) in [6.45, 7) is 4.81. The zero-order valence-electron chi connectivity index (χ0n) is 12.0. The van der Waals surface area contributed by atoms with E-state index in [0.29, 0.717) is 10.0 Å². The Bertz CT molecular complexity index is 634. The van der Waals surface area contributed by atoms with Crippen LogP contribution in [0, 0.1) is 12.7 Å². The minimum atomic E-state index is -0.412. The van der Waals surface area contributed by atoms with Gasteiger partial charge in [0.2, 0.25) is 0 Å². The fraction of sp³-hybridized carbons (Fsp3) is 0.312. The molecule has 1 aromatic carbocycles. The number of hydrogen-bond acceptors (Lipinski definition) is 2. The van der Waals surface area contributed by atoms with Crippen LogP contribution in [0.5, 0.6) is 0 Å². The summed E-state index contributed by atoms with van der Waals surface area (Å²) >= 11 is 9.26. The molecule has 5 heteroatoms. The van der Waals surface area contributed by atoms with Crippen molar-refractivity contribution in [1.82, 2.24) is 10.3 Å². The highest BCUT2D eigenvalue weighted by atomic mass is 79.9. The lowest BCUT2D eigenvalue weighted by atomic mass is 9.99. The van der Waals surface area contributed by atoms with E-state index in [4.69, 9.17) is 11.6 Å². The number of aromatic nitrogens is 1. The number of rotatable bonds is 5. The molecule has 1 heterocycles. The molecule has 112 valence electrons. The molecule has 21 heavy (non-hydrogen) atoms. The van der Waals surface area contributed by atoms with E-state index >= 15 is 0 Å². The van der Waals surface area contributed by atoms with Crippen LogP contribution in [0.15, 0.2) is 34.9 Å². The van der Waals surface area contributed by atoms with Crippen molar-refractivity contribution in [3.05, 3.63) is 62.6 Å². The van der Waals surface area contributed by atoms with Crippen molar-refractivity contribution in [2.45, 2.75) is 26.3 Å².